The minimum atomic E-state index is 0.210. The number of rotatable bonds is 4. The van der Waals surface area contributed by atoms with E-state index in [1.165, 1.54) is 5.56 Å². The van der Waals surface area contributed by atoms with Crippen molar-refractivity contribution in [2.75, 3.05) is 27.9 Å². The fraction of sp³-hybridized carbons (Fsp3) is 0.333. The molecule has 0 aliphatic carbocycles. The molecule has 3 rings (SSSR count). The molecule has 23 heavy (non-hydrogen) atoms. The fourth-order valence-electron chi connectivity index (χ4n) is 3.10. The van der Waals surface area contributed by atoms with Crippen LogP contribution in [0.1, 0.15) is 22.6 Å². The molecule has 1 unspecified atom stereocenters. The van der Waals surface area contributed by atoms with Gasteiger partial charge in [0.25, 0.3) is 0 Å². The predicted molar refractivity (Wildman–Crippen MR) is 91.1 cm³/mol. The first-order valence-electron chi connectivity index (χ1n) is 7.47. The third-order valence-corrected chi connectivity index (χ3v) is 4.71. The molecule has 2 aromatic rings. The highest BCUT2D eigenvalue weighted by Crippen LogP contribution is 2.40. The number of hydrogen-bond acceptors (Lipinski definition) is 4. The Morgan fingerprint density at radius 2 is 1.65 bits per heavy atom. The topological polar surface area (TPSA) is 39.7 Å². The van der Waals surface area contributed by atoms with Crippen molar-refractivity contribution < 1.29 is 14.2 Å². The molecule has 1 heterocycles. The van der Waals surface area contributed by atoms with Crippen molar-refractivity contribution in [2.45, 2.75) is 12.5 Å². The van der Waals surface area contributed by atoms with Gasteiger partial charge in [-0.2, -0.15) is 0 Å². The highest BCUT2D eigenvalue weighted by atomic mass is 35.5. The summed E-state index contributed by atoms with van der Waals surface area (Å²) in [5.74, 6) is 2.38. The molecule has 0 bridgehead atoms. The van der Waals surface area contributed by atoms with Gasteiger partial charge in [-0.1, -0.05) is 23.7 Å². The summed E-state index contributed by atoms with van der Waals surface area (Å²) in [4.78, 5) is 0. The lowest BCUT2D eigenvalue weighted by Crippen LogP contribution is -2.29. The Balaban J connectivity index is 2.05. The van der Waals surface area contributed by atoms with E-state index < -0.39 is 0 Å². The summed E-state index contributed by atoms with van der Waals surface area (Å²) in [6.45, 7) is 1.60. The molecular formula is C18H20ClNO3. The predicted octanol–water partition coefficient (Wildman–Crippen LogP) is 3.60. The van der Waals surface area contributed by atoms with Crippen molar-refractivity contribution in [2.24, 2.45) is 0 Å². The SMILES string of the molecule is COc1ccc(C2CNCc3c2ccc(OC)c3Cl)cc1OC. The molecule has 1 aliphatic heterocycles. The Morgan fingerprint density at radius 3 is 2.35 bits per heavy atom. The summed E-state index contributed by atoms with van der Waals surface area (Å²) >= 11 is 6.48. The lowest BCUT2D eigenvalue weighted by molar-refractivity contribution is 0.354. The molecule has 1 atom stereocenters. The number of halogens is 1. The maximum atomic E-state index is 6.48. The molecule has 1 N–H and O–H groups in total. The van der Waals surface area contributed by atoms with Gasteiger partial charge in [-0.3, -0.25) is 0 Å². The van der Waals surface area contributed by atoms with E-state index in [4.69, 9.17) is 25.8 Å². The van der Waals surface area contributed by atoms with Crippen LogP contribution in [0.15, 0.2) is 30.3 Å². The first kappa shape index (κ1) is 16.0. The van der Waals surface area contributed by atoms with E-state index in [-0.39, 0.29) is 5.92 Å². The van der Waals surface area contributed by atoms with Gasteiger partial charge in [-0.15, -0.1) is 0 Å². The normalized spacial score (nSPS) is 16.6. The van der Waals surface area contributed by atoms with E-state index in [9.17, 15) is 0 Å². The zero-order valence-corrected chi connectivity index (χ0v) is 14.2. The van der Waals surface area contributed by atoms with Gasteiger partial charge in [-0.25, -0.2) is 0 Å². The molecule has 5 heteroatoms. The summed E-state index contributed by atoms with van der Waals surface area (Å²) in [5.41, 5.74) is 3.48. The van der Waals surface area contributed by atoms with Gasteiger partial charge in [0.1, 0.15) is 5.75 Å². The van der Waals surface area contributed by atoms with Gasteiger partial charge in [0.15, 0.2) is 11.5 Å². The average molecular weight is 334 g/mol. The van der Waals surface area contributed by atoms with Crippen molar-refractivity contribution in [1.29, 1.82) is 0 Å². The van der Waals surface area contributed by atoms with Crippen molar-refractivity contribution in [3.63, 3.8) is 0 Å². The lowest BCUT2D eigenvalue weighted by Gasteiger charge is -2.28. The average Bonchev–Trinajstić information content (AvgIpc) is 2.61. The number of nitrogens with one attached hydrogen (secondary N) is 1. The van der Waals surface area contributed by atoms with E-state index in [0.29, 0.717) is 10.8 Å². The number of hydrogen-bond donors (Lipinski definition) is 1. The zero-order chi connectivity index (χ0) is 16.4. The molecule has 1 aliphatic rings. The van der Waals surface area contributed by atoms with Crippen LogP contribution in [0.2, 0.25) is 5.02 Å². The van der Waals surface area contributed by atoms with E-state index in [2.05, 4.69) is 17.4 Å². The number of fused-ring (bicyclic) bond motifs is 1. The minimum Gasteiger partial charge on any atom is -0.495 e. The lowest BCUT2D eigenvalue weighted by atomic mass is 9.85. The third-order valence-electron chi connectivity index (χ3n) is 4.30. The maximum Gasteiger partial charge on any atom is 0.161 e. The number of methoxy groups -OCH3 is 3. The second-order valence-electron chi connectivity index (χ2n) is 5.45. The van der Waals surface area contributed by atoms with Crippen LogP contribution >= 0.6 is 11.6 Å². The quantitative estimate of drug-likeness (QED) is 0.928. The molecule has 122 valence electrons. The van der Waals surface area contributed by atoms with Gasteiger partial charge >= 0.3 is 0 Å². The van der Waals surface area contributed by atoms with Crippen LogP contribution in [0.25, 0.3) is 0 Å². The van der Waals surface area contributed by atoms with Gasteiger partial charge < -0.3 is 19.5 Å². The highest BCUT2D eigenvalue weighted by molar-refractivity contribution is 6.33. The smallest absolute Gasteiger partial charge is 0.161 e. The summed E-state index contributed by atoms with van der Waals surface area (Å²) < 4.78 is 16.1. The minimum absolute atomic E-state index is 0.210. The van der Waals surface area contributed by atoms with E-state index >= 15 is 0 Å². The first-order valence-corrected chi connectivity index (χ1v) is 7.85. The zero-order valence-electron chi connectivity index (χ0n) is 13.5. The molecule has 0 radical (unpaired) electrons. The van der Waals surface area contributed by atoms with E-state index in [1.807, 2.05) is 18.2 Å². The van der Waals surface area contributed by atoms with Gasteiger partial charge in [0.05, 0.1) is 26.4 Å². The van der Waals surface area contributed by atoms with Crippen molar-refractivity contribution in [3.8, 4) is 17.2 Å². The molecule has 0 spiro atoms. The van der Waals surface area contributed by atoms with Crippen LogP contribution < -0.4 is 19.5 Å². The van der Waals surface area contributed by atoms with Crippen molar-refractivity contribution in [3.05, 3.63) is 52.0 Å². The molecule has 0 saturated carbocycles. The Morgan fingerprint density at radius 1 is 0.957 bits per heavy atom. The summed E-state index contributed by atoms with van der Waals surface area (Å²) in [6.07, 6.45) is 0. The van der Waals surface area contributed by atoms with Gasteiger partial charge in [0.2, 0.25) is 0 Å². The largest absolute Gasteiger partial charge is 0.495 e. The number of ether oxygens (including phenoxy) is 3. The summed E-state index contributed by atoms with van der Waals surface area (Å²) in [5, 5.41) is 4.12. The van der Waals surface area contributed by atoms with Crippen LogP contribution in [-0.4, -0.2) is 27.9 Å². The second-order valence-corrected chi connectivity index (χ2v) is 5.83. The second kappa shape index (κ2) is 6.69. The van der Waals surface area contributed by atoms with Crippen molar-refractivity contribution >= 4 is 11.6 Å². The van der Waals surface area contributed by atoms with Crippen LogP contribution in [0, 0.1) is 0 Å². The standard InChI is InChI=1S/C18H20ClNO3/c1-21-15-6-4-11(8-17(15)23-3)13-9-20-10-14-12(13)5-7-16(22-2)18(14)19/h4-8,13,20H,9-10H2,1-3H3. The van der Waals surface area contributed by atoms with Crippen molar-refractivity contribution in [1.82, 2.24) is 5.32 Å². The Kier molecular flexibility index (Phi) is 4.64. The van der Waals surface area contributed by atoms with Gasteiger partial charge in [-0.05, 0) is 34.9 Å². The van der Waals surface area contributed by atoms with Gasteiger partial charge in [0, 0.05) is 19.0 Å². The molecule has 0 fully saturated rings. The molecular weight excluding hydrogens is 314 g/mol. The molecule has 2 aromatic carbocycles. The maximum absolute atomic E-state index is 6.48. The molecule has 0 saturated heterocycles. The molecule has 0 aromatic heterocycles. The first-order chi connectivity index (χ1) is 11.2. The Labute approximate surface area is 141 Å². The Hall–Kier alpha value is -1.91. The molecule has 4 nitrogen and oxygen atoms in total. The number of benzene rings is 2. The molecule has 0 amide bonds. The van der Waals surface area contributed by atoms with Crippen LogP contribution in [0.3, 0.4) is 0 Å². The van der Waals surface area contributed by atoms with Crippen LogP contribution in [-0.2, 0) is 6.54 Å². The highest BCUT2D eigenvalue weighted by Gasteiger charge is 2.25. The van der Waals surface area contributed by atoms with E-state index in [0.717, 1.165) is 35.7 Å². The Bertz CT molecular complexity index is 718. The monoisotopic (exact) mass is 333 g/mol. The fourth-order valence-corrected chi connectivity index (χ4v) is 3.41. The third kappa shape index (κ3) is 2.84. The summed E-state index contributed by atoms with van der Waals surface area (Å²) in [6, 6.07) is 10.1. The summed E-state index contributed by atoms with van der Waals surface area (Å²) in [7, 11) is 4.92. The van der Waals surface area contributed by atoms with Crippen LogP contribution in [0.4, 0.5) is 0 Å². The van der Waals surface area contributed by atoms with E-state index in [1.54, 1.807) is 21.3 Å². The van der Waals surface area contributed by atoms with Crippen LogP contribution in [0.5, 0.6) is 17.2 Å².